The van der Waals surface area contributed by atoms with Crippen molar-refractivity contribution < 1.29 is 4.79 Å². The van der Waals surface area contributed by atoms with Crippen molar-refractivity contribution in [2.45, 2.75) is 6.42 Å². The molecule has 0 atom stereocenters. The van der Waals surface area contributed by atoms with Crippen LogP contribution in [-0.4, -0.2) is 10.8 Å². The number of carbonyl (C=O) groups excluding carboxylic acids is 1. The van der Waals surface area contributed by atoms with Gasteiger partial charge in [-0.2, -0.15) is 0 Å². The summed E-state index contributed by atoms with van der Waals surface area (Å²) in [7, 11) is 0. The maximum atomic E-state index is 11.9. The van der Waals surface area contributed by atoms with E-state index in [0.29, 0.717) is 17.0 Å². The maximum Gasteiger partial charge on any atom is 0.168 e. The zero-order chi connectivity index (χ0) is 11.4. The first-order valence-electron chi connectivity index (χ1n) is 4.94. The minimum atomic E-state index is 0.0126. The fraction of sp³-hybridized carbons (Fsp3) is 0.0769. The zero-order valence-corrected chi connectivity index (χ0v) is 9.32. The number of aromatic nitrogens is 1. The summed E-state index contributed by atoms with van der Waals surface area (Å²) in [4.78, 5) is 15.8. The number of hydrogen-bond acceptors (Lipinski definition) is 2. The predicted molar refractivity (Wildman–Crippen MR) is 63.7 cm³/mol. The molecule has 2 rings (SSSR count). The molecule has 0 aliphatic carbocycles. The average Bonchev–Trinajstić information content (AvgIpc) is 2.31. The summed E-state index contributed by atoms with van der Waals surface area (Å²) < 4.78 is 0. The van der Waals surface area contributed by atoms with Gasteiger partial charge in [0.2, 0.25) is 0 Å². The Balaban J connectivity index is 2.19. The lowest BCUT2D eigenvalue weighted by atomic mass is 10.0. The van der Waals surface area contributed by atoms with Crippen molar-refractivity contribution in [3.63, 3.8) is 0 Å². The molecule has 0 bridgehead atoms. The molecule has 16 heavy (non-hydrogen) atoms. The Morgan fingerprint density at radius 2 is 1.94 bits per heavy atom. The van der Waals surface area contributed by atoms with Crippen LogP contribution in [0.25, 0.3) is 0 Å². The van der Waals surface area contributed by atoms with Gasteiger partial charge in [0, 0.05) is 24.4 Å². The van der Waals surface area contributed by atoms with Crippen LogP contribution in [0, 0.1) is 0 Å². The van der Waals surface area contributed by atoms with Crippen LogP contribution in [0.3, 0.4) is 0 Å². The van der Waals surface area contributed by atoms with Crippen molar-refractivity contribution in [1.29, 1.82) is 0 Å². The van der Waals surface area contributed by atoms with Crippen LogP contribution >= 0.6 is 11.6 Å². The van der Waals surface area contributed by atoms with E-state index >= 15 is 0 Å². The predicted octanol–water partition coefficient (Wildman–Crippen LogP) is 3.16. The number of carbonyl (C=O) groups is 1. The molecule has 0 aliphatic rings. The molecule has 0 aliphatic heterocycles. The van der Waals surface area contributed by atoms with Gasteiger partial charge in [-0.3, -0.25) is 9.78 Å². The molecular formula is C13H10ClNO. The summed E-state index contributed by atoms with van der Waals surface area (Å²) in [6.07, 6.45) is 3.43. The number of Topliss-reactive ketones (excluding diaryl/α,β-unsaturated/α-hetero) is 1. The van der Waals surface area contributed by atoms with E-state index in [9.17, 15) is 4.79 Å². The van der Waals surface area contributed by atoms with Crippen LogP contribution in [0.4, 0.5) is 0 Å². The summed E-state index contributed by atoms with van der Waals surface area (Å²) in [6.45, 7) is 0. The number of halogens is 1. The average molecular weight is 232 g/mol. The number of benzene rings is 1. The number of nitrogens with zero attached hydrogens (tertiary/aromatic N) is 1. The molecule has 0 unspecified atom stereocenters. The third-order valence-electron chi connectivity index (χ3n) is 2.28. The first-order chi connectivity index (χ1) is 7.77. The van der Waals surface area contributed by atoms with Crippen LogP contribution in [0.1, 0.15) is 15.9 Å². The number of ketones is 1. The Bertz CT molecular complexity index is 496. The molecule has 3 heteroatoms. The SMILES string of the molecule is O=C(Cc1ccccc1)c1ccncc1Cl. The lowest BCUT2D eigenvalue weighted by Crippen LogP contribution is -2.04. The van der Waals surface area contributed by atoms with E-state index in [4.69, 9.17) is 11.6 Å². The van der Waals surface area contributed by atoms with Crippen LogP contribution in [0.5, 0.6) is 0 Å². The lowest BCUT2D eigenvalue weighted by molar-refractivity contribution is 0.0993. The Morgan fingerprint density at radius 1 is 1.19 bits per heavy atom. The van der Waals surface area contributed by atoms with E-state index in [1.807, 2.05) is 30.3 Å². The van der Waals surface area contributed by atoms with Gasteiger partial charge in [0.25, 0.3) is 0 Å². The molecule has 0 saturated carbocycles. The van der Waals surface area contributed by atoms with E-state index in [-0.39, 0.29) is 5.78 Å². The van der Waals surface area contributed by atoms with Gasteiger partial charge < -0.3 is 0 Å². The summed E-state index contributed by atoms with van der Waals surface area (Å²) in [5.74, 6) is 0.0126. The van der Waals surface area contributed by atoms with Crippen molar-refractivity contribution in [2.24, 2.45) is 0 Å². The monoisotopic (exact) mass is 231 g/mol. The Labute approximate surface area is 98.9 Å². The van der Waals surface area contributed by atoms with Crippen molar-refractivity contribution in [1.82, 2.24) is 4.98 Å². The zero-order valence-electron chi connectivity index (χ0n) is 8.56. The minimum absolute atomic E-state index is 0.0126. The van der Waals surface area contributed by atoms with E-state index in [1.54, 1.807) is 12.3 Å². The number of rotatable bonds is 3. The highest BCUT2D eigenvalue weighted by Crippen LogP contribution is 2.16. The van der Waals surface area contributed by atoms with Crippen molar-refractivity contribution in [2.75, 3.05) is 0 Å². The molecule has 0 fully saturated rings. The molecule has 2 aromatic rings. The van der Waals surface area contributed by atoms with Crippen molar-refractivity contribution in [3.05, 3.63) is 64.9 Å². The molecule has 0 radical (unpaired) electrons. The molecule has 0 spiro atoms. The van der Waals surface area contributed by atoms with Crippen LogP contribution in [0.2, 0.25) is 5.02 Å². The second-order valence-electron chi connectivity index (χ2n) is 3.44. The summed E-state index contributed by atoms with van der Waals surface area (Å²) in [5.41, 5.74) is 1.51. The highest BCUT2D eigenvalue weighted by molar-refractivity contribution is 6.33. The Kier molecular flexibility index (Phi) is 3.32. The maximum absolute atomic E-state index is 11.9. The van der Waals surface area contributed by atoms with E-state index in [2.05, 4.69) is 4.98 Å². The smallest absolute Gasteiger partial charge is 0.168 e. The fourth-order valence-electron chi connectivity index (χ4n) is 1.48. The fourth-order valence-corrected chi connectivity index (χ4v) is 1.70. The standard InChI is InChI=1S/C13H10ClNO/c14-12-9-15-7-6-11(12)13(16)8-10-4-2-1-3-5-10/h1-7,9H,8H2. The van der Waals surface area contributed by atoms with E-state index < -0.39 is 0 Å². The molecule has 1 heterocycles. The quantitative estimate of drug-likeness (QED) is 0.760. The van der Waals surface area contributed by atoms with Gasteiger partial charge in [-0.15, -0.1) is 0 Å². The van der Waals surface area contributed by atoms with Crippen LogP contribution < -0.4 is 0 Å². The molecule has 80 valence electrons. The van der Waals surface area contributed by atoms with Crippen LogP contribution in [0.15, 0.2) is 48.8 Å². The third-order valence-corrected chi connectivity index (χ3v) is 2.58. The Morgan fingerprint density at radius 3 is 2.62 bits per heavy atom. The van der Waals surface area contributed by atoms with Gasteiger partial charge in [-0.05, 0) is 11.6 Å². The van der Waals surface area contributed by atoms with Gasteiger partial charge in [0.15, 0.2) is 5.78 Å². The van der Waals surface area contributed by atoms with Gasteiger partial charge in [0.05, 0.1) is 5.02 Å². The normalized spacial score (nSPS) is 10.1. The minimum Gasteiger partial charge on any atom is -0.294 e. The summed E-state index contributed by atoms with van der Waals surface area (Å²) in [5, 5.41) is 0.406. The van der Waals surface area contributed by atoms with Gasteiger partial charge in [0.1, 0.15) is 0 Å². The molecule has 1 aromatic heterocycles. The molecule has 0 N–H and O–H groups in total. The molecule has 0 amide bonds. The van der Waals surface area contributed by atoms with Gasteiger partial charge >= 0.3 is 0 Å². The Hall–Kier alpha value is -1.67. The second kappa shape index (κ2) is 4.90. The van der Waals surface area contributed by atoms with E-state index in [1.165, 1.54) is 6.20 Å². The first-order valence-corrected chi connectivity index (χ1v) is 5.32. The van der Waals surface area contributed by atoms with Crippen molar-refractivity contribution >= 4 is 17.4 Å². The third kappa shape index (κ3) is 2.47. The molecule has 2 nitrogen and oxygen atoms in total. The van der Waals surface area contributed by atoms with Crippen molar-refractivity contribution in [3.8, 4) is 0 Å². The van der Waals surface area contributed by atoms with E-state index in [0.717, 1.165) is 5.56 Å². The van der Waals surface area contributed by atoms with Crippen LogP contribution in [-0.2, 0) is 6.42 Å². The molecule has 1 aromatic carbocycles. The summed E-state index contributed by atoms with van der Waals surface area (Å²) >= 11 is 5.90. The second-order valence-corrected chi connectivity index (χ2v) is 3.85. The first kappa shape index (κ1) is 10.8. The van der Waals surface area contributed by atoms with Gasteiger partial charge in [-0.25, -0.2) is 0 Å². The van der Waals surface area contributed by atoms with Gasteiger partial charge in [-0.1, -0.05) is 41.9 Å². The largest absolute Gasteiger partial charge is 0.294 e. The highest BCUT2D eigenvalue weighted by Gasteiger charge is 2.10. The highest BCUT2D eigenvalue weighted by atomic mass is 35.5. The summed E-state index contributed by atoms with van der Waals surface area (Å²) in [6, 6.07) is 11.2. The molecular weight excluding hydrogens is 222 g/mol. The topological polar surface area (TPSA) is 30.0 Å². The molecule has 0 saturated heterocycles. The number of hydrogen-bond donors (Lipinski definition) is 0. The lowest BCUT2D eigenvalue weighted by Gasteiger charge is -2.02. The number of pyridine rings is 1.